The van der Waals surface area contributed by atoms with Crippen molar-refractivity contribution in [1.29, 1.82) is 0 Å². The Morgan fingerprint density at radius 3 is 2.66 bits per heavy atom. The van der Waals surface area contributed by atoms with Crippen LogP contribution in [0.3, 0.4) is 0 Å². The standard InChI is InChI=1S/C29H32F2N6O/c1-4-26(38)36-12-13-37-25(17-36)27(33-28(37)19-8-10-29(30,31)11-9-19)21-7-5-6-20-14-24(32-15-22(20)21)23-16-35(3)34-18(23)2/h5-7,14-16,19H,4,8-13,17H2,1-3H3. The summed E-state index contributed by atoms with van der Waals surface area (Å²) in [4.78, 5) is 24.4. The number of pyridine rings is 1. The van der Waals surface area contributed by atoms with Crippen LogP contribution in [-0.2, 0) is 24.9 Å². The summed E-state index contributed by atoms with van der Waals surface area (Å²) >= 11 is 0. The normalized spacial score (nSPS) is 17.7. The van der Waals surface area contributed by atoms with Gasteiger partial charge in [0.15, 0.2) is 0 Å². The summed E-state index contributed by atoms with van der Waals surface area (Å²) in [6, 6.07) is 8.20. The molecular formula is C29H32F2N6O. The van der Waals surface area contributed by atoms with Crippen molar-refractivity contribution in [1.82, 2.24) is 29.2 Å². The second-order valence-corrected chi connectivity index (χ2v) is 10.6. The molecule has 0 spiro atoms. The molecule has 1 saturated carbocycles. The van der Waals surface area contributed by atoms with Crippen molar-refractivity contribution in [3.8, 4) is 22.5 Å². The number of fused-ring (bicyclic) bond motifs is 2. The van der Waals surface area contributed by atoms with Crippen LogP contribution in [0.15, 0.2) is 36.7 Å². The number of amides is 1. The van der Waals surface area contributed by atoms with Crippen LogP contribution in [0.25, 0.3) is 33.3 Å². The summed E-state index contributed by atoms with van der Waals surface area (Å²) in [5.74, 6) is -1.61. The van der Waals surface area contributed by atoms with E-state index in [0.29, 0.717) is 38.9 Å². The predicted molar refractivity (Wildman–Crippen MR) is 142 cm³/mol. The lowest BCUT2D eigenvalue weighted by molar-refractivity contribution is -0.132. The minimum atomic E-state index is -2.59. The zero-order valence-corrected chi connectivity index (χ0v) is 22.0. The zero-order valence-electron chi connectivity index (χ0n) is 22.0. The van der Waals surface area contributed by atoms with Crippen molar-refractivity contribution in [2.45, 2.75) is 70.9 Å². The molecule has 0 bridgehead atoms. The van der Waals surface area contributed by atoms with Gasteiger partial charge in [0, 0.05) is 74.2 Å². The van der Waals surface area contributed by atoms with E-state index in [1.165, 1.54) is 0 Å². The highest BCUT2D eigenvalue weighted by molar-refractivity contribution is 5.97. The lowest BCUT2D eigenvalue weighted by Crippen LogP contribution is -2.38. The molecule has 1 aliphatic heterocycles. The number of aryl methyl sites for hydroxylation is 2. The largest absolute Gasteiger partial charge is 0.335 e. The third-order valence-electron chi connectivity index (χ3n) is 8.08. The van der Waals surface area contributed by atoms with E-state index >= 15 is 0 Å². The van der Waals surface area contributed by atoms with Crippen LogP contribution in [0.4, 0.5) is 8.78 Å². The maximum atomic E-state index is 14.0. The number of benzene rings is 1. The van der Waals surface area contributed by atoms with Crippen LogP contribution in [0.5, 0.6) is 0 Å². The van der Waals surface area contributed by atoms with E-state index < -0.39 is 5.92 Å². The minimum Gasteiger partial charge on any atom is -0.335 e. The Morgan fingerprint density at radius 2 is 1.95 bits per heavy atom. The van der Waals surface area contributed by atoms with E-state index in [4.69, 9.17) is 9.97 Å². The summed E-state index contributed by atoms with van der Waals surface area (Å²) in [7, 11) is 1.90. The van der Waals surface area contributed by atoms with Gasteiger partial charge in [-0.05, 0) is 31.2 Å². The highest BCUT2D eigenvalue weighted by atomic mass is 19.3. The number of rotatable bonds is 4. The predicted octanol–water partition coefficient (Wildman–Crippen LogP) is 5.85. The highest BCUT2D eigenvalue weighted by Crippen LogP contribution is 2.43. The summed E-state index contributed by atoms with van der Waals surface area (Å²) < 4.78 is 31.9. The molecule has 9 heteroatoms. The molecule has 1 aromatic carbocycles. The van der Waals surface area contributed by atoms with Gasteiger partial charge in [-0.25, -0.2) is 13.8 Å². The summed E-state index contributed by atoms with van der Waals surface area (Å²) in [6.07, 6.45) is 4.93. The molecule has 0 radical (unpaired) electrons. The quantitative estimate of drug-likeness (QED) is 0.340. The molecule has 0 N–H and O–H groups in total. The van der Waals surface area contributed by atoms with E-state index in [0.717, 1.165) is 50.5 Å². The van der Waals surface area contributed by atoms with Crippen molar-refractivity contribution in [3.05, 3.63) is 53.9 Å². The van der Waals surface area contributed by atoms with E-state index in [2.05, 4.69) is 21.8 Å². The summed E-state index contributed by atoms with van der Waals surface area (Å²) in [5, 5.41) is 6.46. The first kappa shape index (κ1) is 24.7. The Morgan fingerprint density at radius 1 is 1.16 bits per heavy atom. The van der Waals surface area contributed by atoms with Gasteiger partial charge in [0.1, 0.15) is 5.82 Å². The molecule has 2 aliphatic rings. The number of carbonyl (C=O) groups is 1. The van der Waals surface area contributed by atoms with Gasteiger partial charge in [0.2, 0.25) is 11.8 Å². The number of nitrogens with zero attached hydrogens (tertiary/aromatic N) is 6. The number of hydrogen-bond acceptors (Lipinski definition) is 4. The smallest absolute Gasteiger partial charge is 0.248 e. The van der Waals surface area contributed by atoms with Crippen LogP contribution in [-0.4, -0.2) is 47.6 Å². The molecule has 198 valence electrons. The van der Waals surface area contributed by atoms with Crippen molar-refractivity contribution in [3.63, 3.8) is 0 Å². The van der Waals surface area contributed by atoms with E-state index in [9.17, 15) is 13.6 Å². The fourth-order valence-electron chi connectivity index (χ4n) is 6.03. The van der Waals surface area contributed by atoms with E-state index in [1.807, 2.05) is 50.3 Å². The Balaban J connectivity index is 1.46. The van der Waals surface area contributed by atoms with Crippen molar-refractivity contribution in [2.24, 2.45) is 7.05 Å². The number of alkyl halides is 2. The lowest BCUT2D eigenvalue weighted by atomic mass is 9.86. The van der Waals surface area contributed by atoms with Gasteiger partial charge < -0.3 is 9.47 Å². The van der Waals surface area contributed by atoms with Gasteiger partial charge in [-0.3, -0.25) is 14.5 Å². The molecule has 1 amide bonds. The van der Waals surface area contributed by atoms with Crippen LogP contribution in [0.1, 0.15) is 62.2 Å². The van der Waals surface area contributed by atoms with Crippen LogP contribution in [0, 0.1) is 6.92 Å². The van der Waals surface area contributed by atoms with Gasteiger partial charge in [-0.2, -0.15) is 5.10 Å². The molecule has 0 saturated heterocycles. The van der Waals surface area contributed by atoms with Crippen molar-refractivity contribution < 1.29 is 13.6 Å². The van der Waals surface area contributed by atoms with E-state index in [-0.39, 0.29) is 24.7 Å². The zero-order chi connectivity index (χ0) is 26.6. The molecule has 1 aliphatic carbocycles. The number of imidazole rings is 1. The molecule has 1 fully saturated rings. The van der Waals surface area contributed by atoms with Gasteiger partial charge >= 0.3 is 0 Å². The average molecular weight is 519 g/mol. The van der Waals surface area contributed by atoms with Crippen molar-refractivity contribution >= 4 is 16.7 Å². The third kappa shape index (κ3) is 4.27. The molecule has 4 aromatic rings. The first-order chi connectivity index (χ1) is 18.2. The molecule has 38 heavy (non-hydrogen) atoms. The Kier molecular flexibility index (Phi) is 6.04. The Hall–Kier alpha value is -3.62. The Bertz CT molecular complexity index is 1530. The highest BCUT2D eigenvalue weighted by Gasteiger charge is 2.38. The van der Waals surface area contributed by atoms with Gasteiger partial charge in [0.05, 0.1) is 29.3 Å². The molecule has 0 atom stereocenters. The van der Waals surface area contributed by atoms with Crippen LogP contribution in [0.2, 0.25) is 0 Å². The maximum absolute atomic E-state index is 14.0. The SMILES string of the molecule is CCC(=O)N1CCn2c(C3CCC(F)(F)CC3)nc(-c3cccc4cc(-c5cn(C)nc5C)ncc34)c2C1. The molecule has 3 aromatic heterocycles. The number of aromatic nitrogens is 5. The van der Waals surface area contributed by atoms with Crippen LogP contribution < -0.4 is 0 Å². The number of carbonyl (C=O) groups excluding carboxylic acids is 1. The van der Waals surface area contributed by atoms with Gasteiger partial charge in [-0.15, -0.1) is 0 Å². The molecular weight excluding hydrogens is 486 g/mol. The van der Waals surface area contributed by atoms with Gasteiger partial charge in [-0.1, -0.05) is 25.1 Å². The first-order valence-corrected chi connectivity index (χ1v) is 13.4. The number of hydrogen-bond donors (Lipinski definition) is 0. The number of halogens is 2. The van der Waals surface area contributed by atoms with Crippen molar-refractivity contribution in [2.75, 3.05) is 6.54 Å². The third-order valence-corrected chi connectivity index (χ3v) is 8.08. The summed E-state index contributed by atoms with van der Waals surface area (Å²) in [5.41, 5.74) is 5.52. The fourth-order valence-corrected chi connectivity index (χ4v) is 6.03. The Labute approximate surface area is 220 Å². The second-order valence-electron chi connectivity index (χ2n) is 10.6. The average Bonchev–Trinajstić information content (AvgIpc) is 3.46. The summed E-state index contributed by atoms with van der Waals surface area (Å²) in [6.45, 7) is 5.55. The molecule has 7 nitrogen and oxygen atoms in total. The maximum Gasteiger partial charge on any atom is 0.248 e. The molecule has 6 rings (SSSR count). The molecule has 0 unspecified atom stereocenters. The topological polar surface area (TPSA) is 68.8 Å². The van der Waals surface area contributed by atoms with Crippen LogP contribution >= 0.6 is 0 Å². The van der Waals surface area contributed by atoms with E-state index in [1.54, 1.807) is 4.68 Å². The first-order valence-electron chi connectivity index (χ1n) is 13.4. The fraction of sp³-hybridized carbons (Fsp3) is 0.448. The monoisotopic (exact) mass is 518 g/mol. The van der Waals surface area contributed by atoms with Gasteiger partial charge in [0.25, 0.3) is 0 Å². The minimum absolute atomic E-state index is 0.0104. The molecule has 4 heterocycles. The lowest BCUT2D eigenvalue weighted by Gasteiger charge is -2.32. The second kappa shape index (κ2) is 9.29.